The predicted octanol–water partition coefficient (Wildman–Crippen LogP) is 4.16. The van der Waals surface area contributed by atoms with Crippen molar-refractivity contribution in [2.45, 2.75) is 78.3 Å². The molecule has 1 saturated carbocycles. The molecule has 1 aliphatic rings. The summed E-state index contributed by atoms with van der Waals surface area (Å²) in [5.41, 5.74) is 0. The highest BCUT2D eigenvalue weighted by Gasteiger charge is 2.23. The van der Waals surface area contributed by atoms with Gasteiger partial charge in [-0.15, -0.1) is 0 Å². The lowest BCUT2D eigenvalue weighted by Crippen LogP contribution is -2.44. The van der Waals surface area contributed by atoms with Crippen molar-refractivity contribution >= 4 is 0 Å². The van der Waals surface area contributed by atoms with Crippen LogP contribution in [0.2, 0.25) is 0 Å². The standard InChI is InChI=1S/C18H38N2/c1-14(2)10-16-8-7-9-17(12-16)19-13-18(20(5)6)11-15(3)4/h14-19H,7-13H2,1-6H3. The first-order chi connectivity index (χ1) is 9.38. The fourth-order valence-corrected chi connectivity index (χ4v) is 3.68. The van der Waals surface area contributed by atoms with Crippen molar-refractivity contribution < 1.29 is 0 Å². The third-order valence-electron chi connectivity index (χ3n) is 4.70. The Hall–Kier alpha value is -0.0800. The monoisotopic (exact) mass is 282 g/mol. The van der Waals surface area contributed by atoms with Crippen LogP contribution in [0.1, 0.15) is 66.2 Å². The molecule has 3 atom stereocenters. The van der Waals surface area contributed by atoms with Crippen molar-refractivity contribution in [3.8, 4) is 0 Å². The van der Waals surface area contributed by atoms with Crippen molar-refractivity contribution in [3.05, 3.63) is 0 Å². The van der Waals surface area contributed by atoms with E-state index in [0.29, 0.717) is 6.04 Å². The quantitative estimate of drug-likeness (QED) is 0.719. The SMILES string of the molecule is CC(C)CC1CCCC(NCC(CC(C)C)N(C)C)C1. The minimum atomic E-state index is 0.681. The van der Waals surface area contributed by atoms with Gasteiger partial charge in [0, 0.05) is 18.6 Å². The maximum atomic E-state index is 3.87. The fraction of sp³-hybridized carbons (Fsp3) is 1.00. The predicted molar refractivity (Wildman–Crippen MR) is 90.1 cm³/mol. The average molecular weight is 283 g/mol. The van der Waals surface area contributed by atoms with E-state index in [1.165, 1.54) is 38.5 Å². The smallest absolute Gasteiger partial charge is 0.0217 e. The van der Waals surface area contributed by atoms with Crippen molar-refractivity contribution in [3.63, 3.8) is 0 Å². The summed E-state index contributed by atoms with van der Waals surface area (Å²) in [6.45, 7) is 10.5. The molecule has 0 heterocycles. The topological polar surface area (TPSA) is 15.3 Å². The van der Waals surface area contributed by atoms with Gasteiger partial charge in [0.15, 0.2) is 0 Å². The molecule has 0 aromatic carbocycles. The molecule has 2 heteroatoms. The van der Waals surface area contributed by atoms with Gasteiger partial charge in [0.25, 0.3) is 0 Å². The normalized spacial score (nSPS) is 25.6. The summed E-state index contributed by atoms with van der Waals surface area (Å²) in [5.74, 6) is 2.60. The second-order valence-electron chi connectivity index (χ2n) is 8.01. The zero-order valence-electron chi connectivity index (χ0n) is 14.8. The molecule has 0 aromatic rings. The van der Waals surface area contributed by atoms with Gasteiger partial charge in [0.2, 0.25) is 0 Å². The minimum Gasteiger partial charge on any atom is -0.312 e. The molecule has 1 fully saturated rings. The van der Waals surface area contributed by atoms with Crippen LogP contribution in [0.15, 0.2) is 0 Å². The molecule has 0 spiro atoms. The van der Waals surface area contributed by atoms with Gasteiger partial charge in [-0.05, 0) is 57.5 Å². The van der Waals surface area contributed by atoms with Gasteiger partial charge in [-0.2, -0.15) is 0 Å². The molecule has 0 amide bonds. The van der Waals surface area contributed by atoms with E-state index in [1.54, 1.807) is 0 Å². The molecular weight excluding hydrogens is 244 g/mol. The second kappa shape index (κ2) is 9.04. The van der Waals surface area contributed by atoms with Crippen LogP contribution in [-0.4, -0.2) is 37.6 Å². The van der Waals surface area contributed by atoms with Gasteiger partial charge in [-0.1, -0.05) is 40.5 Å². The van der Waals surface area contributed by atoms with Crippen molar-refractivity contribution in [2.24, 2.45) is 17.8 Å². The Balaban J connectivity index is 2.35. The molecule has 0 aliphatic heterocycles. The Kier molecular flexibility index (Phi) is 8.13. The molecule has 0 aromatic heterocycles. The highest BCUT2D eigenvalue weighted by atomic mass is 15.1. The summed E-state index contributed by atoms with van der Waals surface area (Å²) >= 11 is 0. The number of nitrogens with one attached hydrogen (secondary N) is 1. The largest absolute Gasteiger partial charge is 0.312 e. The number of rotatable bonds is 8. The number of hydrogen-bond acceptors (Lipinski definition) is 2. The molecule has 0 bridgehead atoms. The zero-order chi connectivity index (χ0) is 15.1. The average Bonchev–Trinajstić information content (AvgIpc) is 2.33. The Morgan fingerprint density at radius 2 is 1.75 bits per heavy atom. The van der Waals surface area contributed by atoms with Crippen LogP contribution < -0.4 is 5.32 Å². The van der Waals surface area contributed by atoms with Crippen LogP contribution >= 0.6 is 0 Å². The summed E-state index contributed by atoms with van der Waals surface area (Å²) in [6.07, 6.45) is 8.38. The maximum Gasteiger partial charge on any atom is 0.0217 e. The lowest BCUT2D eigenvalue weighted by molar-refractivity contribution is 0.211. The third kappa shape index (κ3) is 7.08. The summed E-state index contributed by atoms with van der Waals surface area (Å²) in [4.78, 5) is 2.39. The van der Waals surface area contributed by atoms with Crippen LogP contribution in [0.25, 0.3) is 0 Å². The van der Waals surface area contributed by atoms with Gasteiger partial charge in [0.05, 0.1) is 0 Å². The van der Waals surface area contributed by atoms with Crippen LogP contribution in [0, 0.1) is 17.8 Å². The molecular formula is C18H38N2. The highest BCUT2D eigenvalue weighted by molar-refractivity contribution is 4.81. The molecule has 3 unspecified atom stereocenters. The lowest BCUT2D eigenvalue weighted by atomic mass is 9.81. The fourth-order valence-electron chi connectivity index (χ4n) is 3.68. The van der Waals surface area contributed by atoms with Crippen LogP contribution in [0.3, 0.4) is 0 Å². The van der Waals surface area contributed by atoms with E-state index in [1.807, 2.05) is 0 Å². The molecule has 120 valence electrons. The van der Waals surface area contributed by atoms with E-state index in [2.05, 4.69) is 52.0 Å². The molecule has 0 radical (unpaired) electrons. The van der Waals surface area contributed by atoms with Crippen molar-refractivity contribution in [1.29, 1.82) is 0 Å². The molecule has 2 nitrogen and oxygen atoms in total. The molecule has 20 heavy (non-hydrogen) atoms. The minimum absolute atomic E-state index is 0.681. The van der Waals surface area contributed by atoms with Crippen molar-refractivity contribution in [1.82, 2.24) is 10.2 Å². The van der Waals surface area contributed by atoms with E-state index in [4.69, 9.17) is 0 Å². The highest BCUT2D eigenvalue weighted by Crippen LogP contribution is 2.29. The first kappa shape index (κ1) is 18.0. The van der Waals surface area contributed by atoms with Gasteiger partial charge >= 0.3 is 0 Å². The number of nitrogens with zero attached hydrogens (tertiary/aromatic N) is 1. The number of likely N-dealkylation sites (N-methyl/N-ethyl adjacent to an activating group) is 1. The zero-order valence-corrected chi connectivity index (χ0v) is 14.8. The van der Waals surface area contributed by atoms with E-state index in [0.717, 1.165) is 30.3 Å². The third-order valence-corrected chi connectivity index (χ3v) is 4.70. The van der Waals surface area contributed by atoms with Gasteiger partial charge < -0.3 is 10.2 Å². The molecule has 0 saturated heterocycles. The van der Waals surface area contributed by atoms with Crippen molar-refractivity contribution in [2.75, 3.05) is 20.6 Å². The summed E-state index contributed by atoms with van der Waals surface area (Å²) in [6, 6.07) is 1.45. The second-order valence-corrected chi connectivity index (χ2v) is 8.01. The van der Waals surface area contributed by atoms with E-state index in [9.17, 15) is 0 Å². The van der Waals surface area contributed by atoms with Crippen LogP contribution in [0.5, 0.6) is 0 Å². The number of hydrogen-bond donors (Lipinski definition) is 1. The maximum absolute atomic E-state index is 3.87. The Bertz CT molecular complexity index is 248. The summed E-state index contributed by atoms with van der Waals surface area (Å²) < 4.78 is 0. The molecule has 1 rings (SSSR count). The van der Waals surface area contributed by atoms with Gasteiger partial charge in [-0.3, -0.25) is 0 Å². The first-order valence-electron chi connectivity index (χ1n) is 8.78. The summed E-state index contributed by atoms with van der Waals surface area (Å²) in [5, 5.41) is 3.87. The van der Waals surface area contributed by atoms with E-state index >= 15 is 0 Å². The molecule has 1 aliphatic carbocycles. The summed E-state index contributed by atoms with van der Waals surface area (Å²) in [7, 11) is 4.44. The van der Waals surface area contributed by atoms with E-state index in [-0.39, 0.29) is 0 Å². The van der Waals surface area contributed by atoms with Gasteiger partial charge in [-0.25, -0.2) is 0 Å². The van der Waals surface area contributed by atoms with Gasteiger partial charge in [0.1, 0.15) is 0 Å². The van der Waals surface area contributed by atoms with E-state index < -0.39 is 0 Å². The first-order valence-corrected chi connectivity index (χ1v) is 8.78. The Morgan fingerprint density at radius 3 is 2.30 bits per heavy atom. The lowest BCUT2D eigenvalue weighted by Gasteiger charge is -2.33. The molecule has 1 N–H and O–H groups in total. The van der Waals surface area contributed by atoms with Crippen LogP contribution in [-0.2, 0) is 0 Å². The van der Waals surface area contributed by atoms with Crippen LogP contribution in [0.4, 0.5) is 0 Å². The Morgan fingerprint density at radius 1 is 1.05 bits per heavy atom. The Labute approximate surface area is 127 Å².